The normalized spacial score (nSPS) is 10.2. The van der Waals surface area contributed by atoms with E-state index in [1.807, 2.05) is 0 Å². The van der Waals surface area contributed by atoms with Gasteiger partial charge in [-0.25, -0.2) is 0 Å². The number of carbonyl (C=O) groups is 1. The summed E-state index contributed by atoms with van der Waals surface area (Å²) in [6.45, 7) is 0. The van der Waals surface area contributed by atoms with Crippen LogP contribution < -0.4 is 5.32 Å². The van der Waals surface area contributed by atoms with Crippen LogP contribution in [-0.2, 0) is 0 Å². The van der Waals surface area contributed by atoms with Gasteiger partial charge in [0, 0.05) is 12.1 Å². The smallest absolute Gasteiger partial charge is 0.271 e. The first-order valence-electron chi connectivity index (χ1n) is 4.97. The summed E-state index contributed by atoms with van der Waals surface area (Å²) in [5.74, 6) is -0.483. The maximum atomic E-state index is 11.9. The van der Waals surface area contributed by atoms with Gasteiger partial charge in [-0.15, -0.1) is 0 Å². The van der Waals surface area contributed by atoms with E-state index in [1.54, 1.807) is 0 Å². The summed E-state index contributed by atoms with van der Waals surface area (Å²) >= 11 is 8.94. The van der Waals surface area contributed by atoms with Gasteiger partial charge < -0.3 is 9.73 Å². The van der Waals surface area contributed by atoms with Crippen LogP contribution in [0.3, 0.4) is 0 Å². The van der Waals surface area contributed by atoms with E-state index in [0.717, 1.165) is 0 Å². The molecule has 1 aromatic carbocycles. The highest BCUT2D eigenvalue weighted by atomic mass is 79.9. The zero-order valence-electron chi connectivity index (χ0n) is 9.22. The minimum absolute atomic E-state index is 0.161. The minimum Gasteiger partial charge on any atom is -0.457 e. The van der Waals surface area contributed by atoms with Crippen molar-refractivity contribution in [2.45, 2.75) is 0 Å². The number of anilines is 1. The second kappa shape index (κ2) is 5.41. The molecule has 0 aliphatic heterocycles. The second-order valence-electron chi connectivity index (χ2n) is 3.48. The molecule has 0 aliphatic rings. The largest absolute Gasteiger partial charge is 0.457 e. The molecular weight excluding hydrogens is 339 g/mol. The van der Waals surface area contributed by atoms with Crippen LogP contribution in [0.1, 0.15) is 10.4 Å². The van der Waals surface area contributed by atoms with Gasteiger partial charge >= 0.3 is 0 Å². The van der Waals surface area contributed by atoms with Gasteiger partial charge in [0.2, 0.25) is 0 Å². The predicted molar refractivity (Wildman–Crippen MR) is 72.5 cm³/mol. The average Bonchev–Trinajstić information content (AvgIpc) is 2.78. The number of non-ortho nitro benzene ring substituents is 1. The second-order valence-corrected chi connectivity index (χ2v) is 4.61. The van der Waals surface area contributed by atoms with Gasteiger partial charge in [0.05, 0.1) is 27.5 Å². The van der Waals surface area contributed by atoms with Crippen molar-refractivity contribution in [1.29, 1.82) is 0 Å². The summed E-state index contributed by atoms with van der Waals surface area (Å²) in [5, 5.41) is 13.4. The van der Waals surface area contributed by atoms with Gasteiger partial charge in [0.15, 0.2) is 4.67 Å². The zero-order valence-corrected chi connectivity index (χ0v) is 11.6. The highest BCUT2D eigenvalue weighted by Gasteiger charge is 2.16. The van der Waals surface area contributed by atoms with E-state index in [2.05, 4.69) is 21.2 Å². The van der Waals surface area contributed by atoms with Crippen molar-refractivity contribution in [3.05, 3.63) is 55.9 Å². The van der Waals surface area contributed by atoms with Crippen LogP contribution >= 0.6 is 27.5 Å². The Kier molecular flexibility index (Phi) is 3.87. The Bertz CT molecular complexity index is 656. The van der Waals surface area contributed by atoms with Crippen molar-refractivity contribution in [1.82, 2.24) is 0 Å². The van der Waals surface area contributed by atoms with Crippen LogP contribution in [0.2, 0.25) is 5.02 Å². The maximum Gasteiger partial charge on any atom is 0.271 e. The molecule has 1 heterocycles. The molecule has 98 valence electrons. The Morgan fingerprint density at radius 2 is 2.16 bits per heavy atom. The standard InChI is InChI=1S/C11H6BrClN2O4/c12-10-7(3-4-19-10)11(16)14-9-5-6(15(17)18)1-2-8(9)13/h1-5H,(H,14,16). The molecule has 0 fully saturated rings. The number of hydrogen-bond donors (Lipinski definition) is 1. The number of nitrogens with zero attached hydrogens (tertiary/aromatic N) is 1. The first kappa shape index (κ1) is 13.6. The van der Waals surface area contributed by atoms with Crippen LogP contribution in [0.15, 0.2) is 39.6 Å². The van der Waals surface area contributed by atoms with E-state index in [1.165, 1.54) is 30.5 Å². The van der Waals surface area contributed by atoms with Crippen LogP contribution in [0.5, 0.6) is 0 Å². The molecular formula is C11H6BrClN2O4. The van der Waals surface area contributed by atoms with E-state index in [0.29, 0.717) is 0 Å². The molecule has 8 heteroatoms. The summed E-state index contributed by atoms with van der Waals surface area (Å²) in [4.78, 5) is 22.0. The Balaban J connectivity index is 2.28. The number of nitro groups is 1. The number of carbonyl (C=O) groups excluding carboxylic acids is 1. The number of nitrogens with one attached hydrogen (secondary N) is 1. The number of nitro benzene ring substituents is 1. The Labute approximate surface area is 120 Å². The third-order valence-corrected chi connectivity index (χ3v) is 3.22. The molecule has 1 amide bonds. The fraction of sp³-hybridized carbons (Fsp3) is 0. The van der Waals surface area contributed by atoms with Gasteiger partial charge in [-0.3, -0.25) is 14.9 Å². The molecule has 19 heavy (non-hydrogen) atoms. The summed E-state index contributed by atoms with van der Waals surface area (Å²) in [6.07, 6.45) is 1.34. The van der Waals surface area contributed by atoms with Gasteiger partial charge in [0.25, 0.3) is 11.6 Å². The van der Waals surface area contributed by atoms with Crippen LogP contribution in [0, 0.1) is 10.1 Å². The topological polar surface area (TPSA) is 85.4 Å². The Morgan fingerprint density at radius 3 is 2.74 bits per heavy atom. The monoisotopic (exact) mass is 344 g/mol. The number of halogens is 2. The Morgan fingerprint density at radius 1 is 1.42 bits per heavy atom. The summed E-state index contributed by atoms with van der Waals surface area (Å²) in [5.41, 5.74) is 0.266. The first-order chi connectivity index (χ1) is 8.99. The lowest BCUT2D eigenvalue weighted by atomic mass is 10.2. The molecule has 1 N–H and O–H groups in total. The molecule has 0 saturated heterocycles. The fourth-order valence-corrected chi connectivity index (χ4v) is 1.95. The van der Waals surface area contributed by atoms with Crippen molar-refractivity contribution in [3.8, 4) is 0 Å². The van der Waals surface area contributed by atoms with Crippen molar-refractivity contribution in [2.24, 2.45) is 0 Å². The summed E-state index contributed by atoms with van der Waals surface area (Å²) in [6, 6.07) is 5.25. The van der Waals surface area contributed by atoms with E-state index in [-0.39, 0.29) is 26.6 Å². The zero-order chi connectivity index (χ0) is 14.0. The lowest BCUT2D eigenvalue weighted by molar-refractivity contribution is -0.384. The number of benzene rings is 1. The van der Waals surface area contributed by atoms with Crippen LogP contribution in [0.4, 0.5) is 11.4 Å². The number of hydrogen-bond acceptors (Lipinski definition) is 4. The SMILES string of the molecule is O=C(Nc1cc([N+](=O)[O-])ccc1Cl)c1ccoc1Br. The molecule has 0 unspecified atom stereocenters. The summed E-state index contributed by atoms with van der Waals surface area (Å²) in [7, 11) is 0. The number of furan rings is 1. The van der Waals surface area contributed by atoms with Crippen molar-refractivity contribution in [2.75, 3.05) is 5.32 Å². The molecule has 0 atom stereocenters. The molecule has 2 rings (SSSR count). The van der Waals surface area contributed by atoms with Crippen LogP contribution in [-0.4, -0.2) is 10.8 Å². The molecule has 0 bridgehead atoms. The molecule has 0 aliphatic carbocycles. The predicted octanol–water partition coefficient (Wildman–Crippen LogP) is 3.86. The van der Waals surface area contributed by atoms with E-state index in [4.69, 9.17) is 16.0 Å². The molecule has 1 aromatic heterocycles. The quantitative estimate of drug-likeness (QED) is 0.676. The van der Waals surface area contributed by atoms with Gasteiger partial charge in [-0.2, -0.15) is 0 Å². The Hall–Kier alpha value is -1.86. The third-order valence-electron chi connectivity index (χ3n) is 2.27. The molecule has 6 nitrogen and oxygen atoms in total. The van der Waals surface area contributed by atoms with Gasteiger partial charge in [-0.1, -0.05) is 11.6 Å². The van der Waals surface area contributed by atoms with Gasteiger partial charge in [0.1, 0.15) is 0 Å². The minimum atomic E-state index is -0.570. The molecule has 2 aromatic rings. The lowest BCUT2D eigenvalue weighted by Gasteiger charge is -2.06. The van der Waals surface area contributed by atoms with Crippen molar-refractivity contribution in [3.63, 3.8) is 0 Å². The average molecular weight is 346 g/mol. The fourth-order valence-electron chi connectivity index (χ4n) is 1.37. The van der Waals surface area contributed by atoms with E-state index >= 15 is 0 Å². The molecule has 0 radical (unpaired) electrons. The summed E-state index contributed by atoms with van der Waals surface area (Å²) < 4.78 is 5.20. The first-order valence-corrected chi connectivity index (χ1v) is 6.14. The lowest BCUT2D eigenvalue weighted by Crippen LogP contribution is -2.12. The molecule has 0 saturated carbocycles. The highest BCUT2D eigenvalue weighted by molar-refractivity contribution is 9.10. The number of amides is 1. The van der Waals surface area contributed by atoms with Gasteiger partial charge in [-0.05, 0) is 28.1 Å². The third kappa shape index (κ3) is 2.94. The van der Waals surface area contributed by atoms with Crippen LogP contribution in [0.25, 0.3) is 0 Å². The number of rotatable bonds is 3. The molecule has 0 spiro atoms. The highest BCUT2D eigenvalue weighted by Crippen LogP contribution is 2.28. The van der Waals surface area contributed by atoms with E-state index in [9.17, 15) is 14.9 Å². The van der Waals surface area contributed by atoms with E-state index < -0.39 is 10.8 Å². The maximum absolute atomic E-state index is 11.9. The van der Waals surface area contributed by atoms with Crippen molar-refractivity contribution < 1.29 is 14.1 Å². The van der Waals surface area contributed by atoms with Crippen molar-refractivity contribution >= 4 is 44.8 Å².